The number of nitrogens with zero attached hydrogens (tertiary/aromatic N) is 2. The van der Waals surface area contributed by atoms with Crippen LogP contribution in [0.3, 0.4) is 0 Å². The Morgan fingerprint density at radius 2 is 2.19 bits per heavy atom. The summed E-state index contributed by atoms with van der Waals surface area (Å²) in [4.78, 5) is 34.4. The molecular weight excluding hydrogens is 348 g/mol. The van der Waals surface area contributed by atoms with E-state index in [0.717, 1.165) is 35.6 Å². The second-order valence-corrected chi connectivity index (χ2v) is 7.89. The lowest BCUT2D eigenvalue weighted by Crippen LogP contribution is -2.39. The molecule has 0 unspecified atom stereocenters. The molecule has 1 fully saturated rings. The Balaban J connectivity index is 1.96. The first-order valence-electron chi connectivity index (χ1n) is 9.09. The molecule has 0 N–H and O–H groups in total. The number of ether oxygens (including phenoxy) is 1. The Kier molecular flexibility index (Phi) is 6.25. The SMILES string of the molecule is CCSCCOC(=O)C1=C(C)N=C2CCCC(=O)[C@H]2[C@H]1c1cccnc1. The normalized spacial score (nSPS) is 22.7. The van der Waals surface area contributed by atoms with Crippen molar-refractivity contribution in [3.05, 3.63) is 41.4 Å². The number of carbonyl (C=O) groups is 2. The van der Waals surface area contributed by atoms with Crippen LogP contribution in [0.2, 0.25) is 0 Å². The van der Waals surface area contributed by atoms with Crippen LogP contribution in [0, 0.1) is 5.92 Å². The largest absolute Gasteiger partial charge is 0.461 e. The van der Waals surface area contributed by atoms with Gasteiger partial charge >= 0.3 is 5.97 Å². The average molecular weight is 372 g/mol. The van der Waals surface area contributed by atoms with Gasteiger partial charge in [-0.15, -0.1) is 0 Å². The Morgan fingerprint density at radius 1 is 1.35 bits per heavy atom. The second kappa shape index (κ2) is 8.62. The van der Waals surface area contributed by atoms with Crippen LogP contribution in [0.25, 0.3) is 0 Å². The fourth-order valence-corrected chi connectivity index (χ4v) is 4.21. The lowest BCUT2D eigenvalue weighted by Gasteiger charge is -2.35. The molecular formula is C20H24N2O3S. The molecule has 0 saturated heterocycles. The highest BCUT2D eigenvalue weighted by Crippen LogP contribution is 2.42. The van der Waals surface area contributed by atoms with Crippen LogP contribution in [-0.2, 0) is 14.3 Å². The number of hydrogen-bond acceptors (Lipinski definition) is 6. The number of carbonyl (C=O) groups excluding carboxylic acids is 2. The molecule has 0 radical (unpaired) electrons. The third kappa shape index (κ3) is 3.90. The molecule has 0 aromatic carbocycles. The van der Waals surface area contributed by atoms with Crippen molar-refractivity contribution in [3.63, 3.8) is 0 Å². The van der Waals surface area contributed by atoms with E-state index in [4.69, 9.17) is 4.74 Å². The molecule has 26 heavy (non-hydrogen) atoms. The number of ketones is 1. The minimum absolute atomic E-state index is 0.156. The van der Waals surface area contributed by atoms with E-state index < -0.39 is 0 Å². The van der Waals surface area contributed by atoms with E-state index in [9.17, 15) is 9.59 Å². The number of rotatable bonds is 6. The number of esters is 1. The zero-order valence-corrected chi connectivity index (χ0v) is 16.1. The van der Waals surface area contributed by atoms with Crippen LogP contribution < -0.4 is 0 Å². The van der Waals surface area contributed by atoms with Gasteiger partial charge < -0.3 is 4.74 Å². The molecule has 1 aliphatic heterocycles. The standard InChI is InChI=1S/C20H24N2O3S/c1-3-26-11-10-25-20(24)17-13(2)22-15-7-4-8-16(23)19(15)18(17)14-6-5-9-21-12-14/h5-6,9,12,18-19H,3-4,7-8,10-11H2,1-2H3/t18-,19-/m0/s1. The second-order valence-electron chi connectivity index (χ2n) is 6.50. The Bertz CT molecular complexity index is 743. The maximum atomic E-state index is 12.8. The average Bonchev–Trinajstić information content (AvgIpc) is 2.65. The molecule has 0 spiro atoms. The number of Topliss-reactive ketones (excluding diaryl/α,β-unsaturated/α-hetero) is 1. The van der Waals surface area contributed by atoms with Crippen LogP contribution in [0.1, 0.15) is 44.6 Å². The molecule has 5 nitrogen and oxygen atoms in total. The first kappa shape index (κ1) is 18.8. The number of allylic oxidation sites excluding steroid dienone is 1. The number of hydrogen-bond donors (Lipinski definition) is 0. The Labute approximate surface area is 158 Å². The summed E-state index contributed by atoms with van der Waals surface area (Å²) in [5, 5.41) is 0. The molecule has 1 saturated carbocycles. The van der Waals surface area contributed by atoms with Crippen molar-refractivity contribution in [2.75, 3.05) is 18.1 Å². The summed E-state index contributed by atoms with van der Waals surface area (Å²) in [5.74, 6) is 0.821. The number of fused-ring (bicyclic) bond motifs is 1. The van der Waals surface area contributed by atoms with Gasteiger partial charge in [0, 0.05) is 41.9 Å². The quantitative estimate of drug-likeness (QED) is 0.564. The molecule has 0 amide bonds. The fourth-order valence-electron chi connectivity index (χ4n) is 3.72. The predicted molar refractivity (Wildman–Crippen MR) is 103 cm³/mol. The third-order valence-corrected chi connectivity index (χ3v) is 5.70. The lowest BCUT2D eigenvalue weighted by atomic mass is 9.70. The summed E-state index contributed by atoms with van der Waals surface area (Å²) in [6, 6.07) is 3.76. The van der Waals surface area contributed by atoms with E-state index in [-0.39, 0.29) is 23.6 Å². The summed E-state index contributed by atoms with van der Waals surface area (Å²) in [7, 11) is 0. The van der Waals surface area contributed by atoms with E-state index in [1.807, 2.05) is 19.1 Å². The predicted octanol–water partition coefficient (Wildman–Crippen LogP) is 3.56. The lowest BCUT2D eigenvalue weighted by molar-refractivity contribution is -0.139. The van der Waals surface area contributed by atoms with E-state index in [1.54, 1.807) is 24.2 Å². The molecule has 1 aliphatic carbocycles. The summed E-state index contributed by atoms with van der Waals surface area (Å²) in [6.45, 7) is 4.27. The molecule has 2 atom stereocenters. The van der Waals surface area contributed by atoms with Crippen molar-refractivity contribution in [2.45, 2.75) is 39.0 Å². The maximum Gasteiger partial charge on any atom is 0.336 e. The van der Waals surface area contributed by atoms with E-state index in [0.29, 0.717) is 24.3 Å². The van der Waals surface area contributed by atoms with Crippen molar-refractivity contribution < 1.29 is 14.3 Å². The minimum atomic E-state index is -0.371. The van der Waals surface area contributed by atoms with E-state index in [2.05, 4.69) is 16.9 Å². The topological polar surface area (TPSA) is 68.6 Å². The Hall–Kier alpha value is -1.95. The van der Waals surface area contributed by atoms with Crippen LogP contribution in [0.4, 0.5) is 0 Å². The van der Waals surface area contributed by atoms with Gasteiger partial charge in [0.05, 0.1) is 11.5 Å². The molecule has 1 aromatic heterocycles. The van der Waals surface area contributed by atoms with Gasteiger partial charge in [0.1, 0.15) is 12.4 Å². The van der Waals surface area contributed by atoms with Gasteiger partial charge in [0.15, 0.2) is 0 Å². The third-order valence-electron chi connectivity index (χ3n) is 4.84. The van der Waals surface area contributed by atoms with E-state index >= 15 is 0 Å². The maximum absolute atomic E-state index is 12.8. The molecule has 3 rings (SSSR count). The van der Waals surface area contributed by atoms with Crippen molar-refractivity contribution in [2.24, 2.45) is 10.9 Å². The molecule has 138 valence electrons. The molecule has 1 aromatic rings. The van der Waals surface area contributed by atoms with Gasteiger partial charge in [0.25, 0.3) is 0 Å². The van der Waals surface area contributed by atoms with Crippen molar-refractivity contribution in [1.82, 2.24) is 4.98 Å². The van der Waals surface area contributed by atoms with Crippen LogP contribution >= 0.6 is 11.8 Å². The van der Waals surface area contributed by atoms with Gasteiger partial charge in [0.2, 0.25) is 0 Å². The zero-order valence-electron chi connectivity index (χ0n) is 15.2. The highest BCUT2D eigenvalue weighted by Gasteiger charge is 2.43. The smallest absolute Gasteiger partial charge is 0.336 e. The van der Waals surface area contributed by atoms with Crippen molar-refractivity contribution in [3.8, 4) is 0 Å². The van der Waals surface area contributed by atoms with Crippen LogP contribution in [0.5, 0.6) is 0 Å². The first-order valence-corrected chi connectivity index (χ1v) is 10.2. The highest BCUT2D eigenvalue weighted by molar-refractivity contribution is 7.99. The first-order chi connectivity index (χ1) is 12.6. The number of thioether (sulfide) groups is 1. The Morgan fingerprint density at radius 3 is 2.92 bits per heavy atom. The summed E-state index contributed by atoms with van der Waals surface area (Å²) in [6.07, 6.45) is 5.60. The van der Waals surface area contributed by atoms with Gasteiger partial charge in [-0.05, 0) is 37.1 Å². The highest BCUT2D eigenvalue weighted by atomic mass is 32.2. The van der Waals surface area contributed by atoms with Gasteiger partial charge in [-0.1, -0.05) is 13.0 Å². The van der Waals surface area contributed by atoms with Gasteiger partial charge in [-0.3, -0.25) is 14.8 Å². The van der Waals surface area contributed by atoms with E-state index in [1.165, 1.54) is 0 Å². The number of pyridine rings is 1. The number of aromatic nitrogens is 1. The monoisotopic (exact) mass is 372 g/mol. The molecule has 6 heteroatoms. The molecule has 2 heterocycles. The van der Waals surface area contributed by atoms with Crippen molar-refractivity contribution in [1.29, 1.82) is 0 Å². The van der Waals surface area contributed by atoms with Crippen molar-refractivity contribution >= 4 is 29.2 Å². The van der Waals surface area contributed by atoms with Crippen LogP contribution in [-0.4, -0.2) is 40.6 Å². The molecule has 2 aliphatic rings. The van der Waals surface area contributed by atoms with Gasteiger partial charge in [-0.2, -0.15) is 11.8 Å². The summed E-state index contributed by atoms with van der Waals surface area (Å²) in [5.41, 5.74) is 2.93. The fraction of sp³-hybridized carbons (Fsp3) is 0.500. The zero-order chi connectivity index (χ0) is 18.5. The summed E-state index contributed by atoms with van der Waals surface area (Å²) < 4.78 is 5.50. The summed E-state index contributed by atoms with van der Waals surface area (Å²) >= 11 is 1.73. The van der Waals surface area contributed by atoms with Gasteiger partial charge in [-0.25, -0.2) is 4.79 Å². The number of aliphatic imine (C=N–C) groups is 1. The molecule has 0 bridgehead atoms. The van der Waals surface area contributed by atoms with Crippen LogP contribution in [0.15, 0.2) is 40.8 Å². The minimum Gasteiger partial charge on any atom is -0.461 e.